The van der Waals surface area contributed by atoms with Crippen LogP contribution in [0.4, 0.5) is 5.69 Å². The van der Waals surface area contributed by atoms with Gasteiger partial charge < -0.3 is 21.3 Å². The number of benzene rings is 1. The quantitative estimate of drug-likeness (QED) is 0.736. The zero-order chi connectivity index (χ0) is 19.1. The zero-order valence-corrected chi connectivity index (χ0v) is 16.7. The van der Waals surface area contributed by atoms with Crippen molar-refractivity contribution in [3.05, 3.63) is 65.0 Å². The van der Waals surface area contributed by atoms with Crippen molar-refractivity contribution in [2.24, 2.45) is 11.7 Å². The van der Waals surface area contributed by atoms with E-state index in [1.54, 1.807) is 5.57 Å². The summed E-state index contributed by atoms with van der Waals surface area (Å²) in [5.74, 6) is 0.555. The molecule has 1 fully saturated rings. The third-order valence-corrected chi connectivity index (χ3v) is 6.59. The SMILES string of the molecule is CN1CC(Nc2ccc(C3C4=C(CCN3CCN)C3CC=CC=C3N4)cc2)C1. The second-order valence-corrected chi connectivity index (χ2v) is 8.56. The van der Waals surface area contributed by atoms with E-state index in [0.29, 0.717) is 18.5 Å². The molecule has 3 heterocycles. The Morgan fingerprint density at radius 3 is 2.79 bits per heavy atom. The molecule has 5 nitrogen and oxygen atoms in total. The Labute approximate surface area is 168 Å². The van der Waals surface area contributed by atoms with Crippen molar-refractivity contribution in [2.45, 2.75) is 24.9 Å². The van der Waals surface area contributed by atoms with Gasteiger partial charge in [0.25, 0.3) is 0 Å². The molecule has 5 heteroatoms. The summed E-state index contributed by atoms with van der Waals surface area (Å²) < 4.78 is 0. The lowest BCUT2D eigenvalue weighted by molar-refractivity contribution is 0.205. The molecule has 28 heavy (non-hydrogen) atoms. The zero-order valence-electron chi connectivity index (χ0n) is 16.7. The Balaban J connectivity index is 1.41. The number of nitrogens with zero attached hydrogens (tertiary/aromatic N) is 2. The number of nitrogens with two attached hydrogens (primary N) is 1. The van der Waals surface area contributed by atoms with Gasteiger partial charge in [0.05, 0.1) is 12.1 Å². The number of nitrogens with one attached hydrogen (secondary N) is 2. The minimum Gasteiger partial charge on any atom is -0.380 e. The molecule has 0 amide bonds. The molecule has 0 radical (unpaired) electrons. The van der Waals surface area contributed by atoms with Gasteiger partial charge in [-0.1, -0.05) is 24.3 Å². The van der Waals surface area contributed by atoms with Crippen LogP contribution in [-0.2, 0) is 0 Å². The molecule has 0 spiro atoms. The topological polar surface area (TPSA) is 56.6 Å². The molecule has 1 saturated heterocycles. The van der Waals surface area contributed by atoms with Crippen molar-refractivity contribution in [1.82, 2.24) is 15.1 Å². The fraction of sp³-hybridized carbons (Fsp3) is 0.478. The standard InChI is InChI=1S/C23H31N5/c1-27-14-18(15-27)25-17-8-6-16(7-9-17)23-22-20(10-12-28(23)13-11-24)19-4-2-3-5-21(19)26-22/h2-3,5-9,18-19,23,25-26H,4,10-15,24H2,1H3. The van der Waals surface area contributed by atoms with Crippen molar-refractivity contribution in [3.8, 4) is 0 Å². The number of hydrogen-bond donors (Lipinski definition) is 3. The number of rotatable bonds is 5. The first-order valence-corrected chi connectivity index (χ1v) is 10.6. The van der Waals surface area contributed by atoms with Crippen molar-refractivity contribution in [1.29, 1.82) is 0 Å². The summed E-state index contributed by atoms with van der Waals surface area (Å²) in [5.41, 5.74) is 12.9. The van der Waals surface area contributed by atoms with E-state index in [2.05, 4.69) is 70.0 Å². The maximum Gasteiger partial charge on any atom is 0.0754 e. The van der Waals surface area contributed by atoms with E-state index in [1.165, 1.54) is 22.6 Å². The van der Waals surface area contributed by atoms with Crippen LogP contribution >= 0.6 is 0 Å². The van der Waals surface area contributed by atoms with Gasteiger partial charge in [0.1, 0.15) is 0 Å². The maximum atomic E-state index is 5.95. The highest BCUT2D eigenvalue weighted by molar-refractivity contribution is 5.50. The van der Waals surface area contributed by atoms with Crippen molar-refractivity contribution >= 4 is 5.69 Å². The molecule has 2 unspecified atom stereocenters. The van der Waals surface area contributed by atoms with Gasteiger partial charge >= 0.3 is 0 Å². The highest BCUT2D eigenvalue weighted by Crippen LogP contribution is 2.45. The average molecular weight is 378 g/mol. The molecule has 0 bridgehead atoms. The third kappa shape index (κ3) is 3.17. The van der Waals surface area contributed by atoms with E-state index in [1.807, 2.05) is 0 Å². The molecule has 5 rings (SSSR count). The molecule has 3 aliphatic heterocycles. The Morgan fingerprint density at radius 1 is 1.21 bits per heavy atom. The average Bonchev–Trinajstić information content (AvgIpc) is 3.06. The van der Waals surface area contributed by atoms with Crippen LogP contribution in [0.25, 0.3) is 0 Å². The van der Waals surface area contributed by atoms with E-state index < -0.39 is 0 Å². The summed E-state index contributed by atoms with van der Waals surface area (Å²) in [6.07, 6.45) is 9.00. The van der Waals surface area contributed by atoms with Gasteiger partial charge in [0.15, 0.2) is 0 Å². The molecule has 4 N–H and O–H groups in total. The highest BCUT2D eigenvalue weighted by atomic mass is 15.2. The molecular weight excluding hydrogens is 346 g/mol. The smallest absolute Gasteiger partial charge is 0.0754 e. The van der Waals surface area contributed by atoms with E-state index in [9.17, 15) is 0 Å². The predicted molar refractivity (Wildman–Crippen MR) is 115 cm³/mol. The Morgan fingerprint density at radius 2 is 2.04 bits per heavy atom. The number of hydrogen-bond acceptors (Lipinski definition) is 5. The van der Waals surface area contributed by atoms with Crippen LogP contribution < -0.4 is 16.4 Å². The number of anilines is 1. The van der Waals surface area contributed by atoms with Crippen LogP contribution in [0.1, 0.15) is 24.4 Å². The summed E-state index contributed by atoms with van der Waals surface area (Å²) in [6.45, 7) is 4.96. The normalized spacial score (nSPS) is 27.7. The van der Waals surface area contributed by atoms with E-state index >= 15 is 0 Å². The Kier molecular flexibility index (Phi) is 4.75. The van der Waals surface area contributed by atoms with Gasteiger partial charge in [-0.2, -0.15) is 0 Å². The Hall–Kier alpha value is -2.08. The van der Waals surface area contributed by atoms with Gasteiger partial charge in [-0.3, -0.25) is 4.90 Å². The molecule has 0 aromatic heterocycles. The summed E-state index contributed by atoms with van der Waals surface area (Å²) >= 11 is 0. The van der Waals surface area contributed by atoms with Crippen molar-refractivity contribution in [2.75, 3.05) is 45.1 Å². The fourth-order valence-corrected chi connectivity index (χ4v) is 5.21. The van der Waals surface area contributed by atoms with Gasteiger partial charge in [-0.15, -0.1) is 0 Å². The first-order valence-electron chi connectivity index (χ1n) is 10.6. The fourth-order valence-electron chi connectivity index (χ4n) is 5.21. The Bertz CT molecular complexity index is 816. The van der Waals surface area contributed by atoms with Crippen molar-refractivity contribution in [3.63, 3.8) is 0 Å². The minimum absolute atomic E-state index is 0.280. The van der Waals surface area contributed by atoms with Crippen molar-refractivity contribution < 1.29 is 0 Å². The second kappa shape index (κ2) is 7.39. The molecule has 148 valence electrons. The molecular formula is C23H31N5. The summed E-state index contributed by atoms with van der Waals surface area (Å²) in [5, 5.41) is 7.43. The van der Waals surface area contributed by atoms with Crippen LogP contribution in [0, 0.1) is 5.92 Å². The van der Waals surface area contributed by atoms with E-state index in [0.717, 1.165) is 39.0 Å². The first kappa shape index (κ1) is 18.0. The van der Waals surface area contributed by atoms with Gasteiger partial charge in [-0.05, 0) is 49.2 Å². The highest BCUT2D eigenvalue weighted by Gasteiger charge is 2.39. The second-order valence-electron chi connectivity index (χ2n) is 8.56. The molecule has 0 saturated carbocycles. The lowest BCUT2D eigenvalue weighted by atomic mass is 9.85. The van der Waals surface area contributed by atoms with E-state index in [4.69, 9.17) is 5.73 Å². The largest absolute Gasteiger partial charge is 0.380 e. The van der Waals surface area contributed by atoms with Crippen LogP contribution in [0.2, 0.25) is 0 Å². The molecule has 1 aliphatic carbocycles. The summed E-state index contributed by atoms with van der Waals surface area (Å²) in [6, 6.07) is 9.93. The van der Waals surface area contributed by atoms with Crippen LogP contribution in [0.5, 0.6) is 0 Å². The lowest BCUT2D eigenvalue weighted by Gasteiger charge is -2.38. The third-order valence-electron chi connectivity index (χ3n) is 6.59. The van der Waals surface area contributed by atoms with Gasteiger partial charge in [0, 0.05) is 55.7 Å². The molecule has 4 aliphatic rings. The summed E-state index contributed by atoms with van der Waals surface area (Å²) in [7, 11) is 2.17. The van der Waals surface area contributed by atoms with Crippen LogP contribution in [-0.4, -0.2) is 55.6 Å². The number of allylic oxidation sites excluding steroid dienone is 4. The number of likely N-dealkylation sites (N-methyl/N-ethyl adjacent to an activating group) is 1. The van der Waals surface area contributed by atoms with E-state index in [-0.39, 0.29) is 6.04 Å². The molecule has 1 aromatic carbocycles. The molecule has 1 aromatic rings. The van der Waals surface area contributed by atoms with Gasteiger partial charge in [-0.25, -0.2) is 0 Å². The summed E-state index contributed by atoms with van der Waals surface area (Å²) in [4.78, 5) is 4.88. The number of likely N-dealkylation sites (tertiary alicyclic amines) is 1. The molecule has 2 atom stereocenters. The van der Waals surface area contributed by atoms with Gasteiger partial charge in [0.2, 0.25) is 0 Å². The van der Waals surface area contributed by atoms with Crippen LogP contribution in [0.3, 0.4) is 0 Å². The lowest BCUT2D eigenvalue weighted by Crippen LogP contribution is -2.52. The monoisotopic (exact) mass is 377 g/mol. The number of fused-ring (bicyclic) bond motifs is 2. The van der Waals surface area contributed by atoms with Crippen LogP contribution in [0.15, 0.2) is 59.5 Å². The minimum atomic E-state index is 0.280. The predicted octanol–water partition coefficient (Wildman–Crippen LogP) is 2.44. The maximum absolute atomic E-state index is 5.95. The first-order chi connectivity index (χ1) is 13.7.